The molecule has 0 radical (unpaired) electrons. The van der Waals surface area contributed by atoms with E-state index in [9.17, 15) is 0 Å². The average Bonchev–Trinajstić information content (AvgIpc) is 3.01. The van der Waals surface area contributed by atoms with Crippen LogP contribution in [0.4, 0.5) is 17.2 Å². The Kier molecular flexibility index (Phi) is 3.93. The highest BCUT2D eigenvalue weighted by atomic mass is 15.3. The van der Waals surface area contributed by atoms with E-state index in [2.05, 4.69) is 27.5 Å². The number of fused-ring (bicyclic) bond motifs is 1. The molecule has 1 fully saturated rings. The number of rotatable bonds is 3. The number of aromatic nitrogens is 3. The lowest BCUT2D eigenvalue weighted by Gasteiger charge is -2.28. The molecule has 0 atom stereocenters. The largest absolute Gasteiger partial charge is 0.396 e. The highest BCUT2D eigenvalue weighted by Gasteiger charge is 2.20. The monoisotopic (exact) mass is 337 g/mol. The molecule has 1 aliphatic rings. The van der Waals surface area contributed by atoms with Gasteiger partial charge in [0, 0.05) is 29.4 Å². The number of nitrogens with zero attached hydrogens (tertiary/aromatic N) is 3. The molecule has 0 aliphatic heterocycles. The van der Waals surface area contributed by atoms with Gasteiger partial charge in [0.2, 0.25) is 0 Å². The third-order valence-corrected chi connectivity index (χ3v) is 4.81. The molecule has 0 saturated heterocycles. The average molecular weight is 337 g/mol. The van der Waals surface area contributed by atoms with Crippen LogP contribution in [-0.4, -0.2) is 26.7 Å². The molecule has 130 valence electrons. The lowest BCUT2D eigenvalue weighted by atomic mass is 9.91. The number of hydrogen-bond acceptors (Lipinski definition) is 6. The Bertz CT molecular complexity index is 894. The third-order valence-electron chi connectivity index (χ3n) is 4.81. The van der Waals surface area contributed by atoms with Gasteiger partial charge in [-0.15, -0.1) is 5.10 Å². The van der Waals surface area contributed by atoms with E-state index >= 15 is 0 Å². The Hall–Kier alpha value is -2.80. The Morgan fingerprint density at radius 3 is 2.64 bits per heavy atom. The molecule has 4 rings (SSSR count). The molecule has 1 aromatic carbocycles. The van der Waals surface area contributed by atoms with Crippen LogP contribution in [0.25, 0.3) is 16.9 Å². The molecular formula is C18H23N7. The van der Waals surface area contributed by atoms with Crippen molar-refractivity contribution in [2.24, 2.45) is 5.73 Å². The minimum absolute atomic E-state index is 0.339. The van der Waals surface area contributed by atoms with Crippen LogP contribution in [0.5, 0.6) is 0 Å². The summed E-state index contributed by atoms with van der Waals surface area (Å²) in [6, 6.07) is 10.6. The van der Waals surface area contributed by atoms with Crippen LogP contribution in [0.2, 0.25) is 0 Å². The highest BCUT2D eigenvalue weighted by molar-refractivity contribution is 5.79. The van der Waals surface area contributed by atoms with Gasteiger partial charge in [-0.05, 0) is 31.7 Å². The van der Waals surface area contributed by atoms with Crippen molar-refractivity contribution in [3.63, 3.8) is 0 Å². The Morgan fingerprint density at radius 2 is 1.84 bits per heavy atom. The molecule has 1 saturated carbocycles. The summed E-state index contributed by atoms with van der Waals surface area (Å²) in [5.74, 6) is 0.374. The topological polar surface area (TPSA) is 120 Å². The van der Waals surface area contributed by atoms with Crippen molar-refractivity contribution in [1.29, 1.82) is 0 Å². The molecule has 1 aliphatic carbocycles. The van der Waals surface area contributed by atoms with E-state index < -0.39 is 0 Å². The van der Waals surface area contributed by atoms with E-state index in [1.54, 1.807) is 10.6 Å². The van der Waals surface area contributed by atoms with E-state index in [1.165, 1.54) is 0 Å². The molecule has 7 nitrogen and oxygen atoms in total. The van der Waals surface area contributed by atoms with E-state index in [4.69, 9.17) is 17.2 Å². The van der Waals surface area contributed by atoms with E-state index in [0.29, 0.717) is 29.2 Å². The molecule has 7 N–H and O–H groups in total. The maximum absolute atomic E-state index is 6.02. The van der Waals surface area contributed by atoms with Crippen LogP contribution in [0.15, 0.2) is 36.5 Å². The van der Waals surface area contributed by atoms with Gasteiger partial charge in [-0.2, -0.15) is 0 Å². The summed E-state index contributed by atoms with van der Waals surface area (Å²) in [5, 5.41) is 7.91. The van der Waals surface area contributed by atoms with Crippen molar-refractivity contribution >= 4 is 22.8 Å². The van der Waals surface area contributed by atoms with Crippen molar-refractivity contribution < 1.29 is 0 Å². The maximum atomic E-state index is 6.02. The van der Waals surface area contributed by atoms with Crippen LogP contribution in [0.3, 0.4) is 0 Å². The first-order valence-electron chi connectivity index (χ1n) is 8.63. The molecular weight excluding hydrogens is 314 g/mol. The quantitative estimate of drug-likeness (QED) is 0.582. The van der Waals surface area contributed by atoms with Crippen molar-refractivity contribution in [3.05, 3.63) is 36.5 Å². The minimum atomic E-state index is 0.339. The molecule has 0 unspecified atom stereocenters. The van der Waals surface area contributed by atoms with Crippen molar-refractivity contribution in [2.45, 2.75) is 37.8 Å². The first kappa shape index (κ1) is 15.7. The summed E-state index contributed by atoms with van der Waals surface area (Å²) in [5.41, 5.74) is 21.9. The third kappa shape index (κ3) is 3.10. The van der Waals surface area contributed by atoms with E-state index in [1.807, 2.05) is 18.3 Å². The molecule has 7 heteroatoms. The lowest BCUT2D eigenvalue weighted by molar-refractivity contribution is 0.411. The number of hydrogen-bond donors (Lipinski definition) is 4. The predicted octanol–water partition coefficient (Wildman–Crippen LogP) is 2.24. The second-order valence-corrected chi connectivity index (χ2v) is 6.72. The summed E-state index contributed by atoms with van der Waals surface area (Å²) < 4.78 is 1.64. The van der Waals surface area contributed by atoms with E-state index in [-0.39, 0.29) is 0 Å². The number of nitrogen functional groups attached to an aromatic ring is 2. The zero-order valence-electron chi connectivity index (χ0n) is 14.0. The van der Waals surface area contributed by atoms with Gasteiger partial charge in [0.1, 0.15) is 5.82 Å². The summed E-state index contributed by atoms with van der Waals surface area (Å²) in [4.78, 5) is 4.65. The number of anilines is 3. The van der Waals surface area contributed by atoms with Gasteiger partial charge < -0.3 is 22.5 Å². The summed E-state index contributed by atoms with van der Waals surface area (Å²) >= 11 is 0. The predicted molar refractivity (Wildman–Crippen MR) is 101 cm³/mol. The second-order valence-electron chi connectivity index (χ2n) is 6.72. The zero-order chi connectivity index (χ0) is 17.4. The highest BCUT2D eigenvalue weighted by Crippen LogP contribution is 2.31. The molecule has 25 heavy (non-hydrogen) atoms. The van der Waals surface area contributed by atoms with E-state index in [0.717, 1.165) is 42.6 Å². The van der Waals surface area contributed by atoms with Crippen molar-refractivity contribution in [2.75, 3.05) is 16.8 Å². The van der Waals surface area contributed by atoms with Crippen LogP contribution in [0, 0.1) is 0 Å². The SMILES string of the molecule is Nc1cc(N)c2nc(-c3ccccc3NC3CCC(N)CC3)cn2n1. The minimum Gasteiger partial charge on any atom is -0.396 e. The van der Waals surface area contributed by atoms with Gasteiger partial charge in [0.15, 0.2) is 5.65 Å². The number of nitrogens with two attached hydrogens (primary N) is 3. The molecule has 2 aromatic heterocycles. The molecule has 3 aromatic rings. The van der Waals surface area contributed by atoms with Crippen molar-refractivity contribution in [3.8, 4) is 11.3 Å². The number of benzene rings is 1. The summed E-state index contributed by atoms with van der Waals surface area (Å²) in [6.45, 7) is 0. The number of imidazole rings is 1. The zero-order valence-corrected chi connectivity index (χ0v) is 14.0. The van der Waals surface area contributed by atoms with Gasteiger partial charge >= 0.3 is 0 Å². The van der Waals surface area contributed by atoms with Crippen LogP contribution >= 0.6 is 0 Å². The molecule has 0 spiro atoms. The number of nitrogens with one attached hydrogen (secondary N) is 1. The second kappa shape index (κ2) is 6.25. The number of para-hydroxylation sites is 1. The van der Waals surface area contributed by atoms with Gasteiger partial charge in [-0.1, -0.05) is 18.2 Å². The van der Waals surface area contributed by atoms with Crippen LogP contribution in [-0.2, 0) is 0 Å². The first-order chi connectivity index (χ1) is 12.1. The van der Waals surface area contributed by atoms with Gasteiger partial charge in [0.05, 0.1) is 17.6 Å². The normalized spacial score (nSPS) is 20.7. The maximum Gasteiger partial charge on any atom is 0.177 e. The fraction of sp³-hybridized carbons (Fsp3) is 0.333. The lowest BCUT2D eigenvalue weighted by Crippen LogP contribution is -2.32. The smallest absolute Gasteiger partial charge is 0.177 e. The molecule has 0 bridgehead atoms. The Balaban J connectivity index is 1.68. The van der Waals surface area contributed by atoms with Crippen LogP contribution < -0.4 is 22.5 Å². The molecule has 0 amide bonds. The standard InChI is InChI=1S/C18H23N7/c19-11-5-7-12(8-6-11)22-15-4-2-1-3-13(15)16-10-25-18(23-16)14(20)9-17(21)24-25/h1-4,9-12,22H,5-8,19-20H2,(H2,21,24). The fourth-order valence-corrected chi connectivity index (χ4v) is 3.47. The first-order valence-corrected chi connectivity index (χ1v) is 8.63. The van der Waals surface area contributed by atoms with Gasteiger partial charge in [-0.25, -0.2) is 9.50 Å². The van der Waals surface area contributed by atoms with Gasteiger partial charge in [0.25, 0.3) is 0 Å². The van der Waals surface area contributed by atoms with Crippen LogP contribution in [0.1, 0.15) is 25.7 Å². The Labute approximate surface area is 146 Å². The van der Waals surface area contributed by atoms with Crippen molar-refractivity contribution in [1.82, 2.24) is 14.6 Å². The van der Waals surface area contributed by atoms with Gasteiger partial charge in [-0.3, -0.25) is 0 Å². The fourth-order valence-electron chi connectivity index (χ4n) is 3.47. The summed E-state index contributed by atoms with van der Waals surface area (Å²) in [6.07, 6.45) is 6.17. The molecule has 2 heterocycles. The summed E-state index contributed by atoms with van der Waals surface area (Å²) in [7, 11) is 0. The Morgan fingerprint density at radius 1 is 1.08 bits per heavy atom.